The number of carboxylic acids is 1. The average Bonchev–Trinajstić information content (AvgIpc) is 2.66. The van der Waals surface area contributed by atoms with Gasteiger partial charge in [-0.2, -0.15) is 0 Å². The van der Waals surface area contributed by atoms with E-state index in [1.807, 2.05) is 43.3 Å². The van der Waals surface area contributed by atoms with E-state index in [-0.39, 0.29) is 0 Å². The topological polar surface area (TPSA) is 37.3 Å². The van der Waals surface area contributed by atoms with Crippen molar-refractivity contribution in [2.24, 2.45) is 5.41 Å². The first kappa shape index (κ1) is 10.9. The van der Waals surface area contributed by atoms with Gasteiger partial charge < -0.3 is 5.11 Å². The predicted molar refractivity (Wildman–Crippen MR) is 63.3 cm³/mol. The normalized spacial score (nSPS) is 17.6. The fourth-order valence-corrected chi connectivity index (χ4v) is 2.42. The Morgan fingerprint density at radius 2 is 1.94 bits per heavy atom. The second kappa shape index (κ2) is 4.12. The number of carboxylic acid groups (broad SMARTS) is 1. The van der Waals surface area contributed by atoms with Crippen LogP contribution in [0, 0.1) is 5.41 Å². The lowest BCUT2D eigenvalue weighted by Crippen LogP contribution is -2.31. The quantitative estimate of drug-likeness (QED) is 0.789. The second-order valence-electron chi connectivity index (χ2n) is 4.48. The van der Waals surface area contributed by atoms with E-state index in [1.165, 1.54) is 11.1 Å². The lowest BCUT2D eigenvalue weighted by molar-refractivity contribution is -0.148. The molecule has 0 heterocycles. The molecular weight excluding hydrogens is 200 g/mol. The van der Waals surface area contributed by atoms with Crippen LogP contribution in [0.15, 0.2) is 36.4 Å². The zero-order valence-corrected chi connectivity index (χ0v) is 9.44. The highest BCUT2D eigenvalue weighted by Crippen LogP contribution is 2.40. The molecular formula is C14H16O2. The minimum Gasteiger partial charge on any atom is -0.481 e. The molecule has 0 fully saturated rings. The fraction of sp³-hybridized carbons (Fsp3) is 0.357. The highest BCUT2D eigenvalue weighted by Gasteiger charge is 2.42. The molecule has 2 heteroatoms. The third kappa shape index (κ3) is 1.75. The van der Waals surface area contributed by atoms with Crippen molar-refractivity contribution in [1.29, 1.82) is 0 Å². The summed E-state index contributed by atoms with van der Waals surface area (Å²) in [5.74, 6) is -0.679. The van der Waals surface area contributed by atoms with E-state index in [9.17, 15) is 9.90 Å². The zero-order chi connectivity index (χ0) is 11.6. The number of hydrogen-bond acceptors (Lipinski definition) is 1. The largest absolute Gasteiger partial charge is 0.481 e. The molecule has 16 heavy (non-hydrogen) atoms. The van der Waals surface area contributed by atoms with Crippen LogP contribution in [0.3, 0.4) is 0 Å². The molecule has 1 aliphatic carbocycles. The van der Waals surface area contributed by atoms with Crippen LogP contribution in [0.4, 0.5) is 0 Å². The minimum absolute atomic E-state index is 0.615. The summed E-state index contributed by atoms with van der Waals surface area (Å²) in [5.41, 5.74) is 1.76. The Bertz CT molecular complexity index is 407. The van der Waals surface area contributed by atoms with E-state index in [1.54, 1.807) is 0 Å². The molecule has 1 N–H and O–H groups in total. The number of hydrogen-bond donors (Lipinski definition) is 1. The molecule has 0 amide bonds. The van der Waals surface area contributed by atoms with Gasteiger partial charge in [0.1, 0.15) is 0 Å². The Balaban J connectivity index is 2.30. The number of benzene rings is 1. The maximum atomic E-state index is 11.5. The van der Waals surface area contributed by atoms with Crippen molar-refractivity contribution in [3.05, 3.63) is 47.5 Å². The van der Waals surface area contributed by atoms with Gasteiger partial charge in [0.25, 0.3) is 0 Å². The van der Waals surface area contributed by atoms with Gasteiger partial charge in [-0.15, -0.1) is 0 Å². The Morgan fingerprint density at radius 3 is 2.38 bits per heavy atom. The summed E-state index contributed by atoms with van der Waals surface area (Å²) in [6.07, 6.45) is 5.81. The standard InChI is InChI=1S/C14H16O2/c1-2-3-8-14(13(15)16)9-11-6-4-5-7-12(11)10-14/h2-7H,8-10H2,1H3,(H,15,16). The van der Waals surface area contributed by atoms with E-state index < -0.39 is 11.4 Å². The summed E-state index contributed by atoms with van der Waals surface area (Å²) >= 11 is 0. The summed E-state index contributed by atoms with van der Waals surface area (Å²) < 4.78 is 0. The van der Waals surface area contributed by atoms with E-state index in [2.05, 4.69) is 0 Å². The van der Waals surface area contributed by atoms with Crippen LogP contribution in [0.2, 0.25) is 0 Å². The average molecular weight is 216 g/mol. The number of allylic oxidation sites excluding steroid dienone is 2. The van der Waals surface area contributed by atoms with Gasteiger partial charge in [-0.25, -0.2) is 0 Å². The smallest absolute Gasteiger partial charge is 0.310 e. The van der Waals surface area contributed by atoms with Crippen LogP contribution < -0.4 is 0 Å². The summed E-state index contributed by atoms with van der Waals surface area (Å²) in [6, 6.07) is 8.03. The van der Waals surface area contributed by atoms with Crippen molar-refractivity contribution in [1.82, 2.24) is 0 Å². The van der Waals surface area contributed by atoms with E-state index in [4.69, 9.17) is 0 Å². The molecule has 1 aliphatic rings. The van der Waals surface area contributed by atoms with Crippen LogP contribution in [-0.4, -0.2) is 11.1 Å². The molecule has 0 atom stereocenters. The van der Waals surface area contributed by atoms with Crippen LogP contribution in [0.1, 0.15) is 24.5 Å². The molecule has 0 aliphatic heterocycles. The third-order valence-electron chi connectivity index (χ3n) is 3.37. The van der Waals surface area contributed by atoms with Gasteiger partial charge in [0.15, 0.2) is 0 Å². The van der Waals surface area contributed by atoms with Crippen molar-refractivity contribution < 1.29 is 9.90 Å². The lowest BCUT2D eigenvalue weighted by Gasteiger charge is -2.21. The molecule has 0 aromatic heterocycles. The highest BCUT2D eigenvalue weighted by atomic mass is 16.4. The van der Waals surface area contributed by atoms with Gasteiger partial charge >= 0.3 is 5.97 Å². The molecule has 0 saturated heterocycles. The molecule has 2 rings (SSSR count). The molecule has 0 unspecified atom stereocenters. The molecule has 1 aromatic carbocycles. The van der Waals surface area contributed by atoms with Gasteiger partial charge in [0, 0.05) is 0 Å². The van der Waals surface area contributed by atoms with E-state index in [0.717, 1.165) is 0 Å². The molecule has 1 aromatic rings. The van der Waals surface area contributed by atoms with Crippen molar-refractivity contribution in [3.63, 3.8) is 0 Å². The molecule has 0 radical (unpaired) electrons. The number of fused-ring (bicyclic) bond motifs is 1. The molecule has 0 saturated carbocycles. The molecule has 2 nitrogen and oxygen atoms in total. The number of rotatable bonds is 3. The highest BCUT2D eigenvalue weighted by molar-refractivity contribution is 5.77. The number of aliphatic carboxylic acids is 1. The SMILES string of the molecule is CC=CCC1(C(=O)O)Cc2ccccc2C1. The summed E-state index contributed by atoms with van der Waals surface area (Å²) in [4.78, 5) is 11.5. The van der Waals surface area contributed by atoms with E-state index >= 15 is 0 Å². The van der Waals surface area contributed by atoms with Crippen LogP contribution in [0.5, 0.6) is 0 Å². The lowest BCUT2D eigenvalue weighted by atomic mass is 9.81. The van der Waals surface area contributed by atoms with Gasteiger partial charge in [-0.1, -0.05) is 36.4 Å². The minimum atomic E-state index is -0.679. The molecule has 0 bridgehead atoms. The second-order valence-corrected chi connectivity index (χ2v) is 4.48. The first-order valence-corrected chi connectivity index (χ1v) is 5.59. The van der Waals surface area contributed by atoms with Crippen molar-refractivity contribution >= 4 is 5.97 Å². The Labute approximate surface area is 95.6 Å². The van der Waals surface area contributed by atoms with Gasteiger partial charge in [0.05, 0.1) is 5.41 Å². The third-order valence-corrected chi connectivity index (χ3v) is 3.37. The Hall–Kier alpha value is -1.57. The summed E-state index contributed by atoms with van der Waals surface area (Å²) in [7, 11) is 0. The summed E-state index contributed by atoms with van der Waals surface area (Å²) in [6.45, 7) is 1.93. The zero-order valence-electron chi connectivity index (χ0n) is 9.44. The Morgan fingerprint density at radius 1 is 1.38 bits per heavy atom. The monoisotopic (exact) mass is 216 g/mol. The Kier molecular flexibility index (Phi) is 2.82. The molecule has 0 spiro atoms. The maximum absolute atomic E-state index is 11.5. The maximum Gasteiger partial charge on any atom is 0.310 e. The van der Waals surface area contributed by atoms with Crippen LogP contribution >= 0.6 is 0 Å². The van der Waals surface area contributed by atoms with Crippen LogP contribution in [-0.2, 0) is 17.6 Å². The van der Waals surface area contributed by atoms with Gasteiger partial charge in [0.2, 0.25) is 0 Å². The van der Waals surface area contributed by atoms with Crippen LogP contribution in [0.25, 0.3) is 0 Å². The van der Waals surface area contributed by atoms with Crippen molar-refractivity contribution in [2.75, 3.05) is 0 Å². The molecule has 84 valence electrons. The van der Waals surface area contributed by atoms with Gasteiger partial charge in [-0.3, -0.25) is 4.79 Å². The first-order valence-electron chi connectivity index (χ1n) is 5.59. The van der Waals surface area contributed by atoms with Gasteiger partial charge in [-0.05, 0) is 37.3 Å². The number of carbonyl (C=O) groups is 1. The predicted octanol–water partition coefficient (Wildman–Crippen LogP) is 2.82. The van der Waals surface area contributed by atoms with Crippen molar-refractivity contribution in [2.45, 2.75) is 26.2 Å². The summed E-state index contributed by atoms with van der Waals surface area (Å²) in [5, 5.41) is 9.43. The van der Waals surface area contributed by atoms with Crippen molar-refractivity contribution in [3.8, 4) is 0 Å². The fourth-order valence-electron chi connectivity index (χ4n) is 2.42. The first-order chi connectivity index (χ1) is 7.68. The van der Waals surface area contributed by atoms with E-state index in [0.29, 0.717) is 19.3 Å².